The Labute approximate surface area is 167 Å². The van der Waals surface area contributed by atoms with Gasteiger partial charge in [0.15, 0.2) is 17.5 Å². The first kappa shape index (κ1) is 21.8. The molecule has 142 valence electrons. The number of benzene rings is 1. The van der Waals surface area contributed by atoms with Gasteiger partial charge in [0.1, 0.15) is 0 Å². The molecule has 0 saturated carbocycles. The minimum Gasteiger partial charge on any atom is -0.493 e. The van der Waals surface area contributed by atoms with Gasteiger partial charge in [0, 0.05) is 39.9 Å². The van der Waals surface area contributed by atoms with E-state index in [0.717, 1.165) is 63.1 Å². The number of hydrogen-bond donors (Lipinski definition) is 1. The van der Waals surface area contributed by atoms with Gasteiger partial charge in [0.2, 0.25) is 0 Å². The Balaban J connectivity index is 0.00000312. The first-order chi connectivity index (χ1) is 11.7. The summed E-state index contributed by atoms with van der Waals surface area (Å²) in [4.78, 5) is 6.69. The van der Waals surface area contributed by atoms with Crippen LogP contribution in [0, 0.1) is 0 Å². The van der Waals surface area contributed by atoms with Crippen LogP contribution in [0.2, 0.25) is 0 Å². The van der Waals surface area contributed by atoms with Crippen LogP contribution in [0.1, 0.15) is 24.5 Å². The average molecular weight is 463 g/mol. The molecule has 7 heteroatoms. The summed E-state index contributed by atoms with van der Waals surface area (Å²) in [5.41, 5.74) is 2.58. The largest absolute Gasteiger partial charge is 0.493 e. The van der Waals surface area contributed by atoms with E-state index < -0.39 is 0 Å². The van der Waals surface area contributed by atoms with E-state index in [-0.39, 0.29) is 24.0 Å². The molecule has 0 unspecified atom stereocenters. The average Bonchev–Trinajstić information content (AvgIpc) is 2.63. The van der Waals surface area contributed by atoms with Gasteiger partial charge in [0.05, 0.1) is 14.2 Å². The zero-order valence-electron chi connectivity index (χ0n) is 15.6. The Hall–Kier alpha value is -1.22. The van der Waals surface area contributed by atoms with E-state index in [4.69, 9.17) is 14.2 Å². The summed E-state index contributed by atoms with van der Waals surface area (Å²) >= 11 is 0. The molecule has 0 atom stereocenters. The molecule has 1 aromatic rings. The quantitative estimate of drug-likeness (QED) is 0.292. The van der Waals surface area contributed by atoms with Crippen LogP contribution in [0.4, 0.5) is 0 Å². The summed E-state index contributed by atoms with van der Waals surface area (Å²) in [5.74, 6) is 2.51. The molecule has 0 bridgehead atoms. The number of halogens is 1. The van der Waals surface area contributed by atoms with Gasteiger partial charge < -0.3 is 24.4 Å². The molecule has 6 nitrogen and oxygen atoms in total. The second-order valence-electron chi connectivity index (χ2n) is 5.67. The van der Waals surface area contributed by atoms with Crippen molar-refractivity contribution < 1.29 is 14.2 Å². The number of nitrogens with zero attached hydrogens (tertiary/aromatic N) is 2. The van der Waals surface area contributed by atoms with E-state index in [2.05, 4.69) is 27.3 Å². The fraction of sp³-hybridized carbons (Fsp3) is 0.611. The SMILES string of the molecule is CCOCCCNC(=NC)N1CCc2cc(OC)c(OC)cc2C1.I. The van der Waals surface area contributed by atoms with Gasteiger partial charge in [-0.3, -0.25) is 4.99 Å². The molecule has 1 heterocycles. The van der Waals surface area contributed by atoms with Gasteiger partial charge in [0.25, 0.3) is 0 Å². The van der Waals surface area contributed by atoms with Crippen LogP contribution in [-0.2, 0) is 17.7 Å². The molecule has 0 spiro atoms. The molecule has 2 rings (SSSR count). The lowest BCUT2D eigenvalue weighted by atomic mass is 9.99. The highest BCUT2D eigenvalue weighted by atomic mass is 127. The predicted molar refractivity (Wildman–Crippen MR) is 112 cm³/mol. The minimum absolute atomic E-state index is 0. The third kappa shape index (κ3) is 5.91. The van der Waals surface area contributed by atoms with Gasteiger partial charge in [-0.05, 0) is 43.0 Å². The van der Waals surface area contributed by atoms with Crippen LogP contribution in [0.25, 0.3) is 0 Å². The molecule has 0 saturated heterocycles. The summed E-state index contributed by atoms with van der Waals surface area (Å²) in [5, 5.41) is 3.42. The molecule has 1 N–H and O–H groups in total. The van der Waals surface area contributed by atoms with Crippen molar-refractivity contribution in [2.45, 2.75) is 26.3 Å². The van der Waals surface area contributed by atoms with Crippen molar-refractivity contribution in [3.63, 3.8) is 0 Å². The van der Waals surface area contributed by atoms with E-state index in [1.54, 1.807) is 14.2 Å². The van der Waals surface area contributed by atoms with Crippen LogP contribution in [0.5, 0.6) is 11.5 Å². The Morgan fingerprint density at radius 2 is 1.88 bits per heavy atom. The van der Waals surface area contributed by atoms with Crippen LogP contribution < -0.4 is 14.8 Å². The standard InChI is InChI=1S/C18H29N3O3.HI/c1-5-24-10-6-8-20-18(19-2)21-9-7-14-11-16(22-3)17(23-4)12-15(14)13-21;/h11-12H,5-10,13H2,1-4H3,(H,19,20);1H. The highest BCUT2D eigenvalue weighted by Gasteiger charge is 2.21. The molecule has 1 aromatic carbocycles. The molecule has 0 aromatic heterocycles. The van der Waals surface area contributed by atoms with Gasteiger partial charge in [-0.25, -0.2) is 0 Å². The zero-order chi connectivity index (χ0) is 17.4. The Bertz CT molecular complexity index is 567. The molecule has 0 fully saturated rings. The number of methoxy groups -OCH3 is 2. The molecular formula is C18H30IN3O3. The third-order valence-electron chi connectivity index (χ3n) is 4.18. The first-order valence-electron chi connectivity index (χ1n) is 8.50. The molecule has 0 amide bonds. The summed E-state index contributed by atoms with van der Waals surface area (Å²) in [6, 6.07) is 4.16. The molecule has 0 radical (unpaired) electrons. The molecule has 0 aliphatic carbocycles. The number of fused-ring (bicyclic) bond motifs is 1. The molecule has 1 aliphatic rings. The normalized spacial score (nSPS) is 13.8. The second kappa shape index (κ2) is 11.4. The lowest BCUT2D eigenvalue weighted by molar-refractivity contribution is 0.145. The maximum Gasteiger partial charge on any atom is 0.193 e. The zero-order valence-corrected chi connectivity index (χ0v) is 18.0. The van der Waals surface area contributed by atoms with Crippen LogP contribution in [0.3, 0.4) is 0 Å². The predicted octanol–water partition coefficient (Wildman–Crippen LogP) is 2.68. The topological polar surface area (TPSA) is 55.3 Å². The van der Waals surface area contributed by atoms with Crippen molar-refractivity contribution in [3.8, 4) is 11.5 Å². The Morgan fingerprint density at radius 3 is 2.48 bits per heavy atom. The van der Waals surface area contributed by atoms with Gasteiger partial charge in [-0.2, -0.15) is 0 Å². The Kier molecular flexibility index (Phi) is 9.96. The van der Waals surface area contributed by atoms with E-state index in [1.165, 1.54) is 11.1 Å². The van der Waals surface area contributed by atoms with Crippen molar-refractivity contribution in [2.24, 2.45) is 4.99 Å². The van der Waals surface area contributed by atoms with Gasteiger partial charge >= 0.3 is 0 Å². The summed E-state index contributed by atoms with van der Waals surface area (Å²) in [7, 11) is 5.17. The highest BCUT2D eigenvalue weighted by Crippen LogP contribution is 2.33. The van der Waals surface area contributed by atoms with Gasteiger partial charge in [-0.1, -0.05) is 0 Å². The van der Waals surface area contributed by atoms with Gasteiger partial charge in [-0.15, -0.1) is 24.0 Å². The molecule has 1 aliphatic heterocycles. The van der Waals surface area contributed by atoms with Crippen LogP contribution >= 0.6 is 24.0 Å². The lowest BCUT2D eigenvalue weighted by Crippen LogP contribution is -2.44. The number of guanidine groups is 1. The fourth-order valence-corrected chi connectivity index (χ4v) is 2.92. The fourth-order valence-electron chi connectivity index (χ4n) is 2.92. The lowest BCUT2D eigenvalue weighted by Gasteiger charge is -2.32. The Morgan fingerprint density at radius 1 is 1.20 bits per heavy atom. The van der Waals surface area contributed by atoms with E-state index in [0.29, 0.717) is 0 Å². The summed E-state index contributed by atoms with van der Waals surface area (Å²) < 4.78 is 16.2. The van der Waals surface area contributed by atoms with Crippen LogP contribution in [0.15, 0.2) is 17.1 Å². The van der Waals surface area contributed by atoms with E-state index in [1.807, 2.05) is 14.0 Å². The maximum atomic E-state index is 5.42. The number of aliphatic imine (C=N–C) groups is 1. The number of ether oxygens (including phenoxy) is 3. The third-order valence-corrected chi connectivity index (χ3v) is 4.18. The minimum atomic E-state index is 0. The molecule has 25 heavy (non-hydrogen) atoms. The van der Waals surface area contributed by atoms with Crippen molar-refractivity contribution in [2.75, 3.05) is 47.6 Å². The molecular weight excluding hydrogens is 433 g/mol. The number of nitrogens with one attached hydrogen (secondary N) is 1. The van der Waals surface area contributed by atoms with Crippen molar-refractivity contribution in [1.29, 1.82) is 0 Å². The first-order valence-corrected chi connectivity index (χ1v) is 8.50. The summed E-state index contributed by atoms with van der Waals surface area (Å²) in [6.45, 7) is 6.18. The monoisotopic (exact) mass is 463 g/mol. The summed E-state index contributed by atoms with van der Waals surface area (Å²) in [6.07, 6.45) is 1.94. The van der Waals surface area contributed by atoms with E-state index in [9.17, 15) is 0 Å². The van der Waals surface area contributed by atoms with Crippen LogP contribution in [-0.4, -0.2) is 58.4 Å². The second-order valence-corrected chi connectivity index (χ2v) is 5.67. The van der Waals surface area contributed by atoms with Crippen molar-refractivity contribution in [1.82, 2.24) is 10.2 Å². The van der Waals surface area contributed by atoms with Crippen molar-refractivity contribution >= 4 is 29.9 Å². The maximum absolute atomic E-state index is 5.42. The highest BCUT2D eigenvalue weighted by molar-refractivity contribution is 14.0. The van der Waals surface area contributed by atoms with E-state index >= 15 is 0 Å². The number of rotatable bonds is 7. The smallest absolute Gasteiger partial charge is 0.193 e. The van der Waals surface area contributed by atoms with Crippen molar-refractivity contribution in [3.05, 3.63) is 23.3 Å². The number of hydrogen-bond acceptors (Lipinski definition) is 4.